The van der Waals surface area contributed by atoms with Crippen LogP contribution in [0.25, 0.3) is 0 Å². The van der Waals surface area contributed by atoms with Crippen molar-refractivity contribution in [2.45, 2.75) is 70.8 Å². The zero-order valence-electron chi connectivity index (χ0n) is 21.3. The molecule has 0 unspecified atom stereocenters. The summed E-state index contributed by atoms with van der Waals surface area (Å²) in [4.78, 5) is 29.4. The van der Waals surface area contributed by atoms with Crippen LogP contribution in [-0.4, -0.2) is 35.3 Å². The first-order valence-corrected chi connectivity index (χ1v) is 13.6. The van der Waals surface area contributed by atoms with Gasteiger partial charge >= 0.3 is 0 Å². The fourth-order valence-corrected chi connectivity index (χ4v) is 7.11. The number of carbonyl (C=O) groups excluding carboxylic acids is 2. The first-order valence-electron chi connectivity index (χ1n) is 13.6. The third kappa shape index (κ3) is 5.03. The van der Waals surface area contributed by atoms with Crippen LogP contribution in [0.3, 0.4) is 0 Å². The first-order chi connectivity index (χ1) is 16.9. The molecule has 2 aliphatic carbocycles. The van der Waals surface area contributed by atoms with E-state index in [0.717, 1.165) is 51.5 Å². The summed E-state index contributed by atoms with van der Waals surface area (Å²) in [6.45, 7) is 5.80. The van der Waals surface area contributed by atoms with Crippen molar-refractivity contribution in [2.24, 2.45) is 23.7 Å². The van der Waals surface area contributed by atoms with E-state index in [1.165, 1.54) is 16.7 Å². The number of rotatable bonds is 7. The first kappa shape index (κ1) is 24.1. The lowest BCUT2D eigenvalue weighted by Crippen LogP contribution is -2.63. The molecule has 2 aromatic carbocycles. The predicted octanol–water partition coefficient (Wildman–Crippen LogP) is 5.19. The average Bonchev–Trinajstić information content (AvgIpc) is 3.22. The van der Waals surface area contributed by atoms with Gasteiger partial charge in [-0.15, -0.1) is 0 Å². The molecule has 1 saturated carbocycles. The van der Waals surface area contributed by atoms with Crippen LogP contribution in [0.1, 0.15) is 62.6 Å². The molecule has 0 bridgehead atoms. The molecule has 4 heteroatoms. The molecular formula is C31H40N2O2. The fraction of sp³-hybridized carbons (Fsp3) is 0.548. The van der Waals surface area contributed by atoms with Crippen LogP contribution in [0.4, 0.5) is 0 Å². The van der Waals surface area contributed by atoms with Crippen molar-refractivity contribution in [3.05, 3.63) is 71.3 Å². The van der Waals surface area contributed by atoms with Gasteiger partial charge in [0, 0.05) is 19.5 Å². The van der Waals surface area contributed by atoms with Crippen molar-refractivity contribution < 1.29 is 9.59 Å². The number of carbonyl (C=O) groups is 2. The summed E-state index contributed by atoms with van der Waals surface area (Å²) in [5, 5.41) is 3.28. The minimum absolute atomic E-state index is 0.0734. The molecule has 2 aromatic rings. The SMILES string of the molecule is CC(C)C[C@@H]1CC(=O)N([C@]2(C(=O)NCCc3ccccc3)CC[C@@H]3Cc4ccccc4C[C@@H]3C2)C1. The molecule has 1 aliphatic heterocycles. The molecule has 1 saturated heterocycles. The maximum Gasteiger partial charge on any atom is 0.246 e. The Morgan fingerprint density at radius 1 is 1.00 bits per heavy atom. The van der Waals surface area contributed by atoms with Crippen LogP contribution in [0.2, 0.25) is 0 Å². The molecule has 186 valence electrons. The van der Waals surface area contributed by atoms with E-state index in [-0.39, 0.29) is 11.8 Å². The molecular weight excluding hydrogens is 432 g/mol. The zero-order valence-corrected chi connectivity index (χ0v) is 21.3. The molecule has 3 aliphatic rings. The second kappa shape index (κ2) is 10.2. The van der Waals surface area contributed by atoms with E-state index in [2.05, 4.69) is 55.6 Å². The van der Waals surface area contributed by atoms with Crippen LogP contribution in [0, 0.1) is 23.7 Å². The Morgan fingerprint density at radius 3 is 2.40 bits per heavy atom. The van der Waals surface area contributed by atoms with Crippen LogP contribution in [0.15, 0.2) is 54.6 Å². The summed E-state index contributed by atoms with van der Waals surface area (Å²) in [6.07, 6.45) is 7.18. The van der Waals surface area contributed by atoms with Gasteiger partial charge in [-0.3, -0.25) is 9.59 Å². The van der Waals surface area contributed by atoms with Crippen LogP contribution >= 0.6 is 0 Å². The van der Waals surface area contributed by atoms with Crippen LogP contribution in [0.5, 0.6) is 0 Å². The van der Waals surface area contributed by atoms with Gasteiger partial charge in [0.25, 0.3) is 0 Å². The number of likely N-dealkylation sites (tertiary alicyclic amines) is 1. The number of hydrogen-bond donors (Lipinski definition) is 1. The van der Waals surface area contributed by atoms with E-state index >= 15 is 0 Å². The molecule has 4 atom stereocenters. The monoisotopic (exact) mass is 472 g/mol. The standard InChI is InChI=1S/C31H40N2O2/c1-22(2)16-24-17-29(34)33(21-24)31(30(35)32-15-13-23-8-4-3-5-9-23)14-12-27-18-25-10-6-7-11-26(25)19-28(27)20-31/h3-11,22,24,27-28H,12-21H2,1-2H3,(H,32,35)/t24-,27-,28-,31-/m1/s1. The minimum atomic E-state index is -0.701. The zero-order chi connectivity index (χ0) is 24.4. The summed E-state index contributed by atoms with van der Waals surface area (Å²) in [5.41, 5.74) is 3.43. The van der Waals surface area contributed by atoms with Gasteiger partial charge in [-0.25, -0.2) is 0 Å². The quantitative estimate of drug-likeness (QED) is 0.603. The number of hydrogen-bond acceptors (Lipinski definition) is 2. The van der Waals surface area contributed by atoms with E-state index in [1.807, 2.05) is 23.1 Å². The summed E-state index contributed by atoms with van der Waals surface area (Å²) < 4.78 is 0. The Labute approximate surface area is 210 Å². The normalized spacial score (nSPS) is 28.0. The van der Waals surface area contributed by atoms with Gasteiger partial charge in [0.15, 0.2) is 0 Å². The molecule has 0 aromatic heterocycles. The lowest BCUT2D eigenvalue weighted by atomic mass is 9.62. The topological polar surface area (TPSA) is 49.4 Å². The number of fused-ring (bicyclic) bond motifs is 2. The highest BCUT2D eigenvalue weighted by Gasteiger charge is 2.54. The average molecular weight is 473 g/mol. The van der Waals surface area contributed by atoms with Crippen LogP contribution < -0.4 is 5.32 Å². The Kier molecular flexibility index (Phi) is 7.00. The van der Waals surface area contributed by atoms with E-state index in [4.69, 9.17) is 0 Å². The molecule has 2 fully saturated rings. The Hall–Kier alpha value is -2.62. The van der Waals surface area contributed by atoms with Crippen molar-refractivity contribution in [1.29, 1.82) is 0 Å². The molecule has 0 radical (unpaired) electrons. The molecule has 0 spiro atoms. The second-order valence-electron chi connectivity index (χ2n) is 11.7. The van der Waals surface area contributed by atoms with Gasteiger partial charge in [0.05, 0.1) is 0 Å². The number of nitrogens with one attached hydrogen (secondary N) is 1. The predicted molar refractivity (Wildman–Crippen MR) is 140 cm³/mol. The number of benzene rings is 2. The van der Waals surface area contributed by atoms with Gasteiger partial charge in [-0.2, -0.15) is 0 Å². The molecule has 2 amide bonds. The lowest BCUT2D eigenvalue weighted by Gasteiger charge is -2.50. The third-order valence-electron chi connectivity index (χ3n) is 8.77. The molecule has 4 nitrogen and oxygen atoms in total. The number of amides is 2. The highest BCUT2D eigenvalue weighted by Crippen LogP contribution is 2.47. The van der Waals surface area contributed by atoms with Gasteiger partial charge in [-0.05, 0) is 85.3 Å². The Morgan fingerprint density at radius 2 is 1.69 bits per heavy atom. The number of nitrogens with zero attached hydrogens (tertiary/aromatic N) is 1. The second-order valence-corrected chi connectivity index (χ2v) is 11.7. The van der Waals surface area contributed by atoms with E-state index < -0.39 is 5.54 Å². The summed E-state index contributed by atoms with van der Waals surface area (Å²) in [5.74, 6) is 2.25. The van der Waals surface area contributed by atoms with Gasteiger partial charge in [-0.1, -0.05) is 68.4 Å². The van der Waals surface area contributed by atoms with E-state index in [1.54, 1.807) is 0 Å². The highest BCUT2D eigenvalue weighted by atomic mass is 16.2. The molecule has 1 N–H and O–H groups in total. The van der Waals surface area contributed by atoms with Crippen LogP contribution in [-0.2, 0) is 28.9 Å². The summed E-state index contributed by atoms with van der Waals surface area (Å²) in [6, 6.07) is 19.1. The molecule has 35 heavy (non-hydrogen) atoms. The minimum Gasteiger partial charge on any atom is -0.354 e. The summed E-state index contributed by atoms with van der Waals surface area (Å²) in [7, 11) is 0. The van der Waals surface area contributed by atoms with Crippen molar-refractivity contribution in [3.63, 3.8) is 0 Å². The van der Waals surface area contributed by atoms with Crippen molar-refractivity contribution in [1.82, 2.24) is 10.2 Å². The van der Waals surface area contributed by atoms with Gasteiger partial charge in [0.2, 0.25) is 11.8 Å². The highest BCUT2D eigenvalue weighted by molar-refractivity contribution is 5.92. The molecule has 1 heterocycles. The smallest absolute Gasteiger partial charge is 0.246 e. The maximum absolute atomic E-state index is 14.0. The maximum atomic E-state index is 14.0. The fourth-order valence-electron chi connectivity index (χ4n) is 7.11. The van der Waals surface area contributed by atoms with Crippen molar-refractivity contribution >= 4 is 11.8 Å². The van der Waals surface area contributed by atoms with Gasteiger partial charge in [0.1, 0.15) is 5.54 Å². The Balaban J connectivity index is 1.37. The molecule has 5 rings (SSSR count). The van der Waals surface area contributed by atoms with E-state index in [0.29, 0.717) is 36.6 Å². The van der Waals surface area contributed by atoms with Gasteiger partial charge < -0.3 is 10.2 Å². The largest absolute Gasteiger partial charge is 0.354 e. The third-order valence-corrected chi connectivity index (χ3v) is 8.77. The van der Waals surface area contributed by atoms with Crippen molar-refractivity contribution in [2.75, 3.05) is 13.1 Å². The van der Waals surface area contributed by atoms with E-state index in [9.17, 15) is 9.59 Å². The lowest BCUT2D eigenvalue weighted by molar-refractivity contribution is -0.149. The van der Waals surface area contributed by atoms with Crippen molar-refractivity contribution in [3.8, 4) is 0 Å². The Bertz CT molecular complexity index is 1050. The summed E-state index contributed by atoms with van der Waals surface area (Å²) >= 11 is 0.